The molecule has 3 amide bonds. The van der Waals surface area contributed by atoms with Gasteiger partial charge in [-0.25, -0.2) is 4.79 Å². The summed E-state index contributed by atoms with van der Waals surface area (Å²) < 4.78 is 11.0. The molecule has 0 saturated carbocycles. The van der Waals surface area contributed by atoms with E-state index in [4.69, 9.17) is 9.47 Å². The monoisotopic (exact) mass is 401 g/mol. The van der Waals surface area contributed by atoms with Gasteiger partial charge < -0.3 is 24.6 Å². The number of ether oxygens (including phenoxy) is 2. The number of carbonyl (C=O) groups is 2. The number of carbonyl (C=O) groups excluding carboxylic acids is 2. The van der Waals surface area contributed by atoms with Crippen molar-refractivity contribution in [3.8, 4) is 5.75 Å². The van der Waals surface area contributed by atoms with Gasteiger partial charge in [-0.3, -0.25) is 4.79 Å². The van der Waals surface area contributed by atoms with Crippen molar-refractivity contribution < 1.29 is 19.1 Å². The molecule has 158 valence electrons. The van der Waals surface area contributed by atoms with Crippen LogP contribution in [0.5, 0.6) is 5.75 Å². The lowest BCUT2D eigenvalue weighted by Crippen LogP contribution is -2.57. The van der Waals surface area contributed by atoms with E-state index in [1.807, 2.05) is 36.1 Å². The minimum atomic E-state index is -0.103. The first-order chi connectivity index (χ1) is 14.1. The van der Waals surface area contributed by atoms with Gasteiger partial charge in [-0.15, -0.1) is 0 Å². The van der Waals surface area contributed by atoms with E-state index in [1.54, 1.807) is 0 Å². The van der Waals surface area contributed by atoms with Crippen LogP contribution in [0, 0.1) is 0 Å². The third-order valence-electron chi connectivity index (χ3n) is 6.49. The van der Waals surface area contributed by atoms with E-state index in [0.29, 0.717) is 45.9 Å². The van der Waals surface area contributed by atoms with Gasteiger partial charge in [0.2, 0.25) is 5.91 Å². The fourth-order valence-corrected chi connectivity index (χ4v) is 4.88. The van der Waals surface area contributed by atoms with Crippen LogP contribution in [-0.4, -0.2) is 72.8 Å². The van der Waals surface area contributed by atoms with Gasteiger partial charge in [0.15, 0.2) is 0 Å². The number of hydrogen-bond acceptors (Lipinski definition) is 4. The summed E-state index contributed by atoms with van der Waals surface area (Å²) in [6, 6.07) is 7.99. The summed E-state index contributed by atoms with van der Waals surface area (Å²) >= 11 is 0. The van der Waals surface area contributed by atoms with Gasteiger partial charge in [-0.05, 0) is 50.3 Å². The molecule has 0 aromatic heterocycles. The summed E-state index contributed by atoms with van der Waals surface area (Å²) in [5.74, 6) is 0.981. The molecule has 1 N–H and O–H groups in total. The number of amides is 3. The van der Waals surface area contributed by atoms with Gasteiger partial charge in [0.1, 0.15) is 5.75 Å². The third-order valence-corrected chi connectivity index (χ3v) is 6.49. The molecule has 0 radical (unpaired) electrons. The zero-order valence-electron chi connectivity index (χ0n) is 17.2. The minimum Gasteiger partial charge on any atom is -0.494 e. The first kappa shape index (κ1) is 20.0. The van der Waals surface area contributed by atoms with Gasteiger partial charge in [-0.2, -0.15) is 0 Å². The highest BCUT2D eigenvalue weighted by Gasteiger charge is 2.49. The average molecular weight is 402 g/mol. The zero-order valence-corrected chi connectivity index (χ0v) is 17.2. The smallest absolute Gasteiger partial charge is 0.318 e. The van der Waals surface area contributed by atoms with Gasteiger partial charge in [-0.1, -0.05) is 12.1 Å². The third kappa shape index (κ3) is 4.20. The van der Waals surface area contributed by atoms with E-state index >= 15 is 0 Å². The summed E-state index contributed by atoms with van der Waals surface area (Å²) in [7, 11) is 0. The van der Waals surface area contributed by atoms with Crippen LogP contribution in [0.4, 0.5) is 4.79 Å². The van der Waals surface area contributed by atoms with Crippen molar-refractivity contribution in [2.24, 2.45) is 0 Å². The Morgan fingerprint density at radius 1 is 1.21 bits per heavy atom. The average Bonchev–Trinajstić information content (AvgIpc) is 3.05. The lowest BCUT2D eigenvalue weighted by molar-refractivity contribution is -0.132. The highest BCUT2D eigenvalue weighted by molar-refractivity contribution is 5.80. The molecule has 1 aromatic rings. The molecule has 1 spiro atoms. The number of piperidine rings is 1. The van der Waals surface area contributed by atoms with Gasteiger partial charge in [0, 0.05) is 38.9 Å². The lowest BCUT2D eigenvalue weighted by Gasteiger charge is -2.46. The molecular formula is C22H31N3O4. The lowest BCUT2D eigenvalue weighted by atomic mass is 9.86. The molecule has 4 rings (SSSR count). The van der Waals surface area contributed by atoms with Crippen molar-refractivity contribution in [2.75, 3.05) is 39.5 Å². The van der Waals surface area contributed by atoms with Crippen molar-refractivity contribution in [3.63, 3.8) is 0 Å². The second-order valence-electron chi connectivity index (χ2n) is 8.23. The molecule has 7 nitrogen and oxygen atoms in total. The first-order valence-electron chi connectivity index (χ1n) is 10.8. The fourth-order valence-electron chi connectivity index (χ4n) is 4.88. The van der Waals surface area contributed by atoms with E-state index in [0.717, 1.165) is 37.0 Å². The fraction of sp³-hybridized carbons (Fsp3) is 0.636. The molecule has 0 aliphatic carbocycles. The van der Waals surface area contributed by atoms with Crippen LogP contribution < -0.4 is 10.1 Å². The number of nitrogens with one attached hydrogen (secondary N) is 1. The Morgan fingerprint density at radius 2 is 1.90 bits per heavy atom. The molecule has 7 heteroatoms. The molecule has 0 bridgehead atoms. The molecule has 3 fully saturated rings. The molecule has 3 aliphatic heterocycles. The molecule has 0 atom stereocenters. The number of benzene rings is 1. The van der Waals surface area contributed by atoms with Crippen LogP contribution in [0.25, 0.3) is 0 Å². The second kappa shape index (κ2) is 8.61. The van der Waals surface area contributed by atoms with Crippen LogP contribution in [0.15, 0.2) is 24.3 Å². The van der Waals surface area contributed by atoms with Gasteiger partial charge >= 0.3 is 6.03 Å². The van der Waals surface area contributed by atoms with E-state index in [9.17, 15) is 9.59 Å². The summed E-state index contributed by atoms with van der Waals surface area (Å²) in [6.07, 6.45) is 3.86. The normalized spacial score (nSPS) is 22.0. The predicted molar refractivity (Wildman–Crippen MR) is 109 cm³/mol. The topological polar surface area (TPSA) is 71.1 Å². The van der Waals surface area contributed by atoms with Crippen LogP contribution in [-0.2, 0) is 16.0 Å². The highest BCUT2D eigenvalue weighted by Crippen LogP contribution is 2.35. The number of hydrogen-bond donors (Lipinski definition) is 1. The predicted octanol–water partition coefficient (Wildman–Crippen LogP) is 2.19. The van der Waals surface area contributed by atoms with E-state index in [2.05, 4.69) is 10.2 Å². The Hall–Kier alpha value is -2.28. The van der Waals surface area contributed by atoms with Gasteiger partial charge in [0.05, 0.1) is 18.6 Å². The summed E-state index contributed by atoms with van der Waals surface area (Å²) in [4.78, 5) is 29.3. The molecule has 1 aromatic carbocycles. The Labute approximate surface area is 172 Å². The molecule has 3 saturated heterocycles. The van der Waals surface area contributed by atoms with Crippen molar-refractivity contribution in [2.45, 2.75) is 50.6 Å². The van der Waals surface area contributed by atoms with E-state index < -0.39 is 0 Å². The van der Waals surface area contributed by atoms with Crippen LogP contribution >= 0.6 is 0 Å². The first-order valence-corrected chi connectivity index (χ1v) is 10.8. The minimum absolute atomic E-state index is 0.0473. The van der Waals surface area contributed by atoms with Crippen LogP contribution in [0.2, 0.25) is 0 Å². The Balaban J connectivity index is 1.32. The summed E-state index contributed by atoms with van der Waals surface area (Å²) in [6.45, 7) is 6.14. The SMILES string of the molecule is CCOc1ccc(CC(=O)N2CCC(N3C(=O)NCC34CCOCC4)CC2)cc1. The number of rotatable bonds is 5. The van der Waals surface area contributed by atoms with Crippen molar-refractivity contribution in [1.29, 1.82) is 0 Å². The van der Waals surface area contributed by atoms with Crippen molar-refractivity contribution >= 4 is 11.9 Å². The van der Waals surface area contributed by atoms with Crippen molar-refractivity contribution in [3.05, 3.63) is 29.8 Å². The molecular weight excluding hydrogens is 370 g/mol. The quantitative estimate of drug-likeness (QED) is 0.821. The van der Waals surface area contributed by atoms with Crippen LogP contribution in [0.3, 0.4) is 0 Å². The maximum Gasteiger partial charge on any atom is 0.318 e. The van der Waals surface area contributed by atoms with Crippen molar-refractivity contribution in [1.82, 2.24) is 15.1 Å². The maximum absolute atomic E-state index is 12.8. The van der Waals surface area contributed by atoms with E-state index in [1.165, 1.54) is 0 Å². The molecule has 0 unspecified atom stereocenters. The maximum atomic E-state index is 12.8. The summed E-state index contributed by atoms with van der Waals surface area (Å²) in [5.41, 5.74) is 0.898. The van der Waals surface area contributed by atoms with Gasteiger partial charge in [0.25, 0.3) is 0 Å². The Bertz CT molecular complexity index is 722. The van der Waals surface area contributed by atoms with Crippen LogP contribution in [0.1, 0.15) is 38.2 Å². The zero-order chi connectivity index (χ0) is 20.3. The Kier molecular flexibility index (Phi) is 5.94. The standard InChI is InChI=1S/C22H31N3O4/c1-2-29-19-5-3-17(4-6-19)15-20(26)24-11-7-18(8-12-24)25-21(27)23-16-22(25)9-13-28-14-10-22/h3-6,18H,2,7-16H2,1H3,(H,23,27). The molecule has 3 heterocycles. The molecule has 29 heavy (non-hydrogen) atoms. The number of likely N-dealkylation sites (tertiary alicyclic amines) is 1. The summed E-state index contributed by atoms with van der Waals surface area (Å²) in [5, 5.41) is 3.05. The Morgan fingerprint density at radius 3 is 2.55 bits per heavy atom. The largest absolute Gasteiger partial charge is 0.494 e. The second-order valence-corrected chi connectivity index (χ2v) is 8.23. The molecule has 3 aliphatic rings. The van der Waals surface area contributed by atoms with E-state index in [-0.39, 0.29) is 23.5 Å². The highest BCUT2D eigenvalue weighted by atomic mass is 16.5. The number of nitrogens with zero attached hydrogens (tertiary/aromatic N) is 2. The number of urea groups is 1.